The molecule has 0 aliphatic carbocycles. The number of para-hydroxylation sites is 1. The second-order valence-electron chi connectivity index (χ2n) is 4.12. The molecule has 0 unspecified atom stereocenters. The van der Waals surface area contributed by atoms with Crippen molar-refractivity contribution in [3.63, 3.8) is 0 Å². The van der Waals surface area contributed by atoms with Gasteiger partial charge in [0.2, 0.25) is 0 Å². The molecule has 118 valence electrons. The van der Waals surface area contributed by atoms with Crippen molar-refractivity contribution in [2.24, 2.45) is 0 Å². The molecule has 0 aliphatic heterocycles. The van der Waals surface area contributed by atoms with E-state index in [1.165, 1.54) is 32.4 Å². The maximum Gasteiger partial charge on any atom is 0.331 e. The number of ether oxygens (including phenoxy) is 3. The monoisotopic (exact) mass is 305 g/mol. The molecule has 6 nitrogen and oxygen atoms in total. The second-order valence-corrected chi connectivity index (χ2v) is 4.12. The lowest BCUT2D eigenvalue weighted by Crippen LogP contribution is -2.28. The highest BCUT2D eigenvalue weighted by atomic mass is 16.5. The van der Waals surface area contributed by atoms with Crippen LogP contribution in [0.1, 0.15) is 5.56 Å². The first-order valence-electron chi connectivity index (χ1n) is 6.55. The van der Waals surface area contributed by atoms with Crippen LogP contribution in [0.2, 0.25) is 0 Å². The summed E-state index contributed by atoms with van der Waals surface area (Å²) >= 11 is 0. The van der Waals surface area contributed by atoms with E-state index in [4.69, 9.17) is 14.2 Å². The number of carbonyl (C=O) groups excluding carboxylic acids is 2. The predicted octanol–water partition coefficient (Wildman–Crippen LogP) is 1.56. The van der Waals surface area contributed by atoms with Gasteiger partial charge in [-0.2, -0.15) is 0 Å². The number of carbonyl (C=O) groups is 2. The van der Waals surface area contributed by atoms with E-state index in [0.29, 0.717) is 23.6 Å². The summed E-state index contributed by atoms with van der Waals surface area (Å²) in [6.45, 7) is 3.45. The van der Waals surface area contributed by atoms with Gasteiger partial charge in [-0.25, -0.2) is 4.79 Å². The number of nitrogens with one attached hydrogen (secondary N) is 1. The summed E-state index contributed by atoms with van der Waals surface area (Å²) in [4.78, 5) is 22.8. The number of amides is 1. The highest BCUT2D eigenvalue weighted by Gasteiger charge is 2.08. The van der Waals surface area contributed by atoms with Crippen molar-refractivity contribution in [1.29, 1.82) is 0 Å². The van der Waals surface area contributed by atoms with Crippen LogP contribution in [0.15, 0.2) is 36.9 Å². The summed E-state index contributed by atoms with van der Waals surface area (Å²) in [6, 6.07) is 5.29. The molecule has 0 fully saturated rings. The molecule has 0 aliphatic rings. The number of hydrogen-bond acceptors (Lipinski definition) is 5. The largest absolute Gasteiger partial charge is 0.493 e. The zero-order valence-electron chi connectivity index (χ0n) is 12.6. The molecule has 22 heavy (non-hydrogen) atoms. The van der Waals surface area contributed by atoms with E-state index in [0.717, 1.165) is 0 Å². The van der Waals surface area contributed by atoms with Crippen molar-refractivity contribution < 1.29 is 23.8 Å². The number of methoxy groups -OCH3 is 2. The molecule has 6 heteroatoms. The molecule has 0 spiro atoms. The summed E-state index contributed by atoms with van der Waals surface area (Å²) < 4.78 is 15.2. The van der Waals surface area contributed by atoms with Gasteiger partial charge in [0.1, 0.15) is 0 Å². The molecule has 1 amide bonds. The molecule has 0 saturated carbocycles. The fraction of sp³-hybridized carbons (Fsp3) is 0.250. The van der Waals surface area contributed by atoms with Gasteiger partial charge in [0.25, 0.3) is 5.91 Å². The second kappa shape index (κ2) is 9.23. The maximum absolute atomic E-state index is 11.6. The molecule has 1 N–H and O–H groups in total. The zero-order chi connectivity index (χ0) is 16.4. The van der Waals surface area contributed by atoms with Crippen molar-refractivity contribution >= 4 is 18.0 Å². The molecule has 1 aromatic carbocycles. The molecule has 0 bridgehead atoms. The van der Waals surface area contributed by atoms with E-state index in [-0.39, 0.29) is 12.5 Å². The summed E-state index contributed by atoms with van der Waals surface area (Å²) in [5, 5.41) is 2.50. The lowest BCUT2D eigenvalue weighted by Gasteiger charge is -2.09. The lowest BCUT2D eigenvalue weighted by atomic mass is 10.1. The molecule has 0 heterocycles. The molecular weight excluding hydrogens is 286 g/mol. The van der Waals surface area contributed by atoms with Gasteiger partial charge in [0, 0.05) is 18.2 Å². The molecular formula is C16H19NO5. The molecule has 0 radical (unpaired) electrons. The fourth-order valence-corrected chi connectivity index (χ4v) is 1.62. The fourth-order valence-electron chi connectivity index (χ4n) is 1.62. The summed E-state index contributed by atoms with van der Waals surface area (Å²) in [6.07, 6.45) is 4.29. The first kappa shape index (κ1) is 17.3. The van der Waals surface area contributed by atoms with Crippen LogP contribution in [0.3, 0.4) is 0 Å². The smallest absolute Gasteiger partial charge is 0.331 e. The quantitative estimate of drug-likeness (QED) is 0.448. The van der Waals surface area contributed by atoms with E-state index < -0.39 is 5.97 Å². The Labute approximate surface area is 129 Å². The number of esters is 1. The SMILES string of the molecule is C=CCNC(=O)COC(=O)/C=C/c1cccc(OC)c1OC. The Bertz CT molecular complexity index is 566. The topological polar surface area (TPSA) is 73.9 Å². The Balaban J connectivity index is 2.63. The minimum absolute atomic E-state index is 0.327. The van der Waals surface area contributed by atoms with E-state index in [1.54, 1.807) is 18.2 Å². The van der Waals surface area contributed by atoms with Crippen LogP contribution in [0.4, 0.5) is 0 Å². The zero-order valence-corrected chi connectivity index (χ0v) is 12.6. The van der Waals surface area contributed by atoms with Gasteiger partial charge in [-0.1, -0.05) is 18.2 Å². The molecule has 1 rings (SSSR count). The van der Waals surface area contributed by atoms with Crippen LogP contribution in [0, 0.1) is 0 Å². The van der Waals surface area contributed by atoms with E-state index in [1.807, 2.05) is 0 Å². The van der Waals surface area contributed by atoms with Gasteiger partial charge in [-0.15, -0.1) is 6.58 Å². The molecule has 0 saturated heterocycles. The Kier molecular flexibility index (Phi) is 7.25. The average molecular weight is 305 g/mol. The van der Waals surface area contributed by atoms with E-state index >= 15 is 0 Å². The van der Waals surface area contributed by atoms with Crippen LogP contribution in [-0.4, -0.2) is 39.2 Å². The highest BCUT2D eigenvalue weighted by Crippen LogP contribution is 2.31. The Morgan fingerprint density at radius 3 is 2.68 bits per heavy atom. The molecule has 0 atom stereocenters. The van der Waals surface area contributed by atoms with Gasteiger partial charge in [0.05, 0.1) is 14.2 Å². The number of rotatable bonds is 8. The Morgan fingerprint density at radius 2 is 2.05 bits per heavy atom. The third-order valence-corrected chi connectivity index (χ3v) is 2.62. The maximum atomic E-state index is 11.6. The average Bonchev–Trinajstić information content (AvgIpc) is 2.55. The molecule has 1 aromatic rings. The van der Waals surface area contributed by atoms with Gasteiger partial charge in [-0.05, 0) is 12.1 Å². The third kappa shape index (κ3) is 5.32. The van der Waals surface area contributed by atoms with Gasteiger partial charge >= 0.3 is 5.97 Å². The number of benzene rings is 1. The first-order chi connectivity index (χ1) is 10.6. The minimum atomic E-state index is -0.626. The predicted molar refractivity (Wildman–Crippen MR) is 82.7 cm³/mol. The van der Waals surface area contributed by atoms with Crippen molar-refractivity contribution in [3.8, 4) is 11.5 Å². The Morgan fingerprint density at radius 1 is 1.27 bits per heavy atom. The van der Waals surface area contributed by atoms with E-state index in [2.05, 4.69) is 11.9 Å². The van der Waals surface area contributed by atoms with Crippen molar-refractivity contribution in [1.82, 2.24) is 5.32 Å². The third-order valence-electron chi connectivity index (χ3n) is 2.62. The van der Waals surface area contributed by atoms with Crippen LogP contribution in [-0.2, 0) is 14.3 Å². The van der Waals surface area contributed by atoms with Crippen LogP contribution in [0.5, 0.6) is 11.5 Å². The van der Waals surface area contributed by atoms with Crippen LogP contribution in [0.25, 0.3) is 6.08 Å². The summed E-state index contributed by atoms with van der Waals surface area (Å²) in [5.41, 5.74) is 0.662. The van der Waals surface area contributed by atoms with Crippen molar-refractivity contribution in [2.75, 3.05) is 27.4 Å². The normalized spacial score (nSPS) is 10.1. The van der Waals surface area contributed by atoms with Crippen LogP contribution >= 0.6 is 0 Å². The van der Waals surface area contributed by atoms with Crippen molar-refractivity contribution in [3.05, 3.63) is 42.5 Å². The van der Waals surface area contributed by atoms with Crippen molar-refractivity contribution in [2.45, 2.75) is 0 Å². The van der Waals surface area contributed by atoms with Gasteiger partial charge < -0.3 is 19.5 Å². The summed E-state index contributed by atoms with van der Waals surface area (Å²) in [5.74, 6) is 0.0545. The standard InChI is InChI=1S/C16H19NO5/c1-4-10-17-14(18)11-22-15(19)9-8-12-6-5-7-13(20-2)16(12)21-3/h4-9H,1,10-11H2,2-3H3,(H,17,18)/b9-8+. The highest BCUT2D eigenvalue weighted by molar-refractivity contribution is 5.89. The van der Waals surface area contributed by atoms with Crippen LogP contribution < -0.4 is 14.8 Å². The molecule has 0 aromatic heterocycles. The minimum Gasteiger partial charge on any atom is -0.493 e. The van der Waals surface area contributed by atoms with Gasteiger partial charge in [-0.3, -0.25) is 4.79 Å². The lowest BCUT2D eigenvalue weighted by molar-refractivity contribution is -0.143. The Hall–Kier alpha value is -2.76. The van der Waals surface area contributed by atoms with Gasteiger partial charge in [0.15, 0.2) is 18.1 Å². The first-order valence-corrected chi connectivity index (χ1v) is 6.55. The summed E-state index contributed by atoms with van der Waals surface area (Å²) in [7, 11) is 3.04. The number of hydrogen-bond donors (Lipinski definition) is 1. The van der Waals surface area contributed by atoms with E-state index in [9.17, 15) is 9.59 Å².